The summed E-state index contributed by atoms with van der Waals surface area (Å²) in [5, 5.41) is 3.05. The highest BCUT2D eigenvalue weighted by Gasteiger charge is 2.20. The lowest BCUT2D eigenvalue weighted by Gasteiger charge is -2.18. The van der Waals surface area contributed by atoms with Crippen LogP contribution >= 0.6 is 34.5 Å². The quantitative estimate of drug-likeness (QED) is 0.529. The molecule has 0 radical (unpaired) electrons. The van der Waals surface area contributed by atoms with E-state index in [0.717, 1.165) is 0 Å². The summed E-state index contributed by atoms with van der Waals surface area (Å²) in [4.78, 5) is 17.6. The molecule has 0 fully saturated rings. The maximum Gasteiger partial charge on any atom is 0.230 e. The molecule has 2 aromatic carbocycles. The smallest absolute Gasteiger partial charge is 0.230 e. The summed E-state index contributed by atoms with van der Waals surface area (Å²) in [7, 11) is 0. The highest BCUT2D eigenvalue weighted by Crippen LogP contribution is 2.31. The number of nitrogens with zero attached hydrogens (tertiary/aromatic N) is 2. The Morgan fingerprint density at radius 3 is 2.58 bits per heavy atom. The van der Waals surface area contributed by atoms with E-state index in [4.69, 9.17) is 27.9 Å². The molecule has 0 saturated heterocycles. The molecule has 4 nitrogen and oxygen atoms in total. The second kappa shape index (κ2) is 8.03. The fraction of sp³-hybridized carbons (Fsp3) is 0.111. The van der Waals surface area contributed by atoms with Gasteiger partial charge in [-0.05, 0) is 30.3 Å². The summed E-state index contributed by atoms with van der Waals surface area (Å²) in [5.41, 5.74) is 0.757. The minimum atomic E-state index is -0.496. The number of hydrogen-bond donors (Lipinski definition) is 0. The topological polar surface area (TPSA) is 42.4 Å². The number of hydrogen-bond acceptors (Lipinski definition) is 4. The average molecular weight is 411 g/mol. The number of ether oxygens (including phenoxy) is 1. The molecular weight excluding hydrogens is 398 g/mol. The first kappa shape index (κ1) is 18.6. The Bertz CT molecular complexity index is 928. The van der Waals surface area contributed by atoms with E-state index in [1.54, 1.807) is 35.7 Å². The number of para-hydroxylation sites is 1. The number of amides is 1. The van der Waals surface area contributed by atoms with E-state index >= 15 is 0 Å². The van der Waals surface area contributed by atoms with E-state index in [-0.39, 0.29) is 18.2 Å². The predicted molar refractivity (Wildman–Crippen MR) is 102 cm³/mol. The van der Waals surface area contributed by atoms with Crippen molar-refractivity contribution in [1.29, 1.82) is 0 Å². The van der Waals surface area contributed by atoms with Gasteiger partial charge in [0.05, 0.1) is 11.4 Å². The summed E-state index contributed by atoms with van der Waals surface area (Å²) < 4.78 is 19.7. The largest absolute Gasteiger partial charge is 0.487 e. The fourth-order valence-corrected chi connectivity index (χ4v) is 3.65. The van der Waals surface area contributed by atoms with Gasteiger partial charge in [-0.15, -0.1) is 11.3 Å². The van der Waals surface area contributed by atoms with Gasteiger partial charge < -0.3 is 4.74 Å². The van der Waals surface area contributed by atoms with Gasteiger partial charge in [-0.3, -0.25) is 9.69 Å². The Balaban J connectivity index is 1.79. The second-order valence-electron chi connectivity index (χ2n) is 5.32. The third-order valence-corrected chi connectivity index (χ3v) is 4.67. The standard InChI is InChI=1S/C18H13Cl2FN2O2S/c1-11(24)23(17-5-3-2-4-16(17)21)18-22-14(10-26-18)9-25-15-7-12(19)6-13(20)8-15/h2-8,10H,9H2,1H3. The van der Waals surface area contributed by atoms with Gasteiger partial charge in [0.1, 0.15) is 18.2 Å². The third-order valence-electron chi connectivity index (χ3n) is 3.36. The molecule has 0 aliphatic heterocycles. The van der Waals surface area contributed by atoms with Crippen molar-refractivity contribution in [2.24, 2.45) is 0 Å². The van der Waals surface area contributed by atoms with Crippen molar-refractivity contribution >= 4 is 51.3 Å². The first-order valence-electron chi connectivity index (χ1n) is 7.52. The first-order valence-corrected chi connectivity index (χ1v) is 9.16. The summed E-state index contributed by atoms with van der Waals surface area (Å²) in [6.07, 6.45) is 0. The highest BCUT2D eigenvalue weighted by molar-refractivity contribution is 7.14. The maximum atomic E-state index is 14.1. The molecule has 0 saturated carbocycles. The number of halogens is 3. The fourth-order valence-electron chi connectivity index (χ4n) is 2.27. The minimum Gasteiger partial charge on any atom is -0.487 e. The average Bonchev–Trinajstić information content (AvgIpc) is 3.02. The zero-order valence-electron chi connectivity index (χ0n) is 13.6. The van der Waals surface area contributed by atoms with Gasteiger partial charge in [-0.25, -0.2) is 9.37 Å². The normalized spacial score (nSPS) is 10.6. The van der Waals surface area contributed by atoms with E-state index in [1.165, 1.54) is 35.3 Å². The third kappa shape index (κ3) is 4.33. The maximum absolute atomic E-state index is 14.1. The van der Waals surface area contributed by atoms with Gasteiger partial charge in [0, 0.05) is 22.3 Å². The number of anilines is 2. The molecule has 0 spiro atoms. The van der Waals surface area contributed by atoms with Gasteiger partial charge in [-0.1, -0.05) is 35.3 Å². The Kier molecular flexibility index (Phi) is 5.76. The molecule has 0 aliphatic rings. The van der Waals surface area contributed by atoms with Crippen LogP contribution < -0.4 is 9.64 Å². The second-order valence-corrected chi connectivity index (χ2v) is 7.03. The zero-order valence-corrected chi connectivity index (χ0v) is 15.9. The number of rotatable bonds is 5. The van der Waals surface area contributed by atoms with E-state index < -0.39 is 5.82 Å². The molecule has 8 heteroatoms. The molecule has 0 bridgehead atoms. The van der Waals surface area contributed by atoms with Crippen LogP contribution in [0.1, 0.15) is 12.6 Å². The summed E-state index contributed by atoms with van der Waals surface area (Å²) in [6, 6.07) is 10.9. The van der Waals surface area contributed by atoms with Crippen molar-refractivity contribution in [1.82, 2.24) is 4.98 Å². The minimum absolute atomic E-state index is 0.156. The molecular formula is C18H13Cl2FN2O2S. The molecule has 134 valence electrons. The van der Waals surface area contributed by atoms with Gasteiger partial charge >= 0.3 is 0 Å². The molecule has 0 aliphatic carbocycles. The molecule has 0 atom stereocenters. The lowest BCUT2D eigenvalue weighted by Crippen LogP contribution is -2.23. The van der Waals surface area contributed by atoms with E-state index in [2.05, 4.69) is 4.98 Å². The van der Waals surface area contributed by atoms with Gasteiger partial charge in [-0.2, -0.15) is 0 Å². The SMILES string of the molecule is CC(=O)N(c1nc(COc2cc(Cl)cc(Cl)c2)cs1)c1ccccc1F. The lowest BCUT2D eigenvalue weighted by molar-refractivity contribution is -0.115. The molecule has 1 heterocycles. The molecule has 1 amide bonds. The van der Waals surface area contributed by atoms with Crippen LogP contribution in [0.5, 0.6) is 5.75 Å². The molecule has 0 N–H and O–H groups in total. The van der Waals surface area contributed by atoms with Crippen LogP contribution in [0.3, 0.4) is 0 Å². The van der Waals surface area contributed by atoms with Crippen molar-refractivity contribution in [2.45, 2.75) is 13.5 Å². The lowest BCUT2D eigenvalue weighted by atomic mass is 10.3. The van der Waals surface area contributed by atoms with Crippen molar-refractivity contribution in [3.8, 4) is 5.75 Å². The van der Waals surface area contributed by atoms with Gasteiger partial charge in [0.15, 0.2) is 5.13 Å². The molecule has 26 heavy (non-hydrogen) atoms. The van der Waals surface area contributed by atoms with Crippen molar-refractivity contribution in [3.63, 3.8) is 0 Å². The van der Waals surface area contributed by atoms with Crippen LogP contribution in [0.2, 0.25) is 10.0 Å². The Labute approximate surface area is 163 Å². The first-order chi connectivity index (χ1) is 12.4. The van der Waals surface area contributed by atoms with Crippen LogP contribution in [-0.4, -0.2) is 10.9 Å². The highest BCUT2D eigenvalue weighted by atomic mass is 35.5. The number of thiazole rings is 1. The molecule has 1 aromatic heterocycles. The van der Waals surface area contributed by atoms with E-state index in [1.807, 2.05) is 0 Å². The number of carbonyl (C=O) groups is 1. The van der Waals surface area contributed by atoms with Crippen molar-refractivity contribution in [3.05, 3.63) is 69.4 Å². The number of carbonyl (C=O) groups excluding carboxylic acids is 1. The molecule has 0 unspecified atom stereocenters. The Morgan fingerprint density at radius 1 is 1.23 bits per heavy atom. The Morgan fingerprint density at radius 2 is 1.92 bits per heavy atom. The summed E-state index contributed by atoms with van der Waals surface area (Å²) >= 11 is 13.1. The van der Waals surface area contributed by atoms with Crippen LogP contribution in [0.15, 0.2) is 47.8 Å². The zero-order chi connectivity index (χ0) is 18.7. The van der Waals surface area contributed by atoms with E-state index in [9.17, 15) is 9.18 Å². The monoisotopic (exact) mass is 410 g/mol. The van der Waals surface area contributed by atoms with Crippen LogP contribution in [0.4, 0.5) is 15.2 Å². The Hall–Kier alpha value is -2.15. The van der Waals surface area contributed by atoms with Gasteiger partial charge in [0.2, 0.25) is 5.91 Å². The van der Waals surface area contributed by atoms with Crippen LogP contribution in [-0.2, 0) is 11.4 Å². The van der Waals surface area contributed by atoms with Crippen molar-refractivity contribution < 1.29 is 13.9 Å². The van der Waals surface area contributed by atoms with Gasteiger partial charge in [0.25, 0.3) is 0 Å². The molecule has 3 aromatic rings. The summed E-state index contributed by atoms with van der Waals surface area (Å²) in [5.74, 6) is -0.322. The summed E-state index contributed by atoms with van der Waals surface area (Å²) in [6.45, 7) is 1.52. The van der Waals surface area contributed by atoms with E-state index in [0.29, 0.717) is 26.6 Å². The number of benzene rings is 2. The predicted octanol–water partition coefficient (Wildman–Crippen LogP) is 5.85. The van der Waals surface area contributed by atoms with Crippen molar-refractivity contribution in [2.75, 3.05) is 4.90 Å². The van der Waals surface area contributed by atoms with Crippen LogP contribution in [0, 0.1) is 5.82 Å². The number of aromatic nitrogens is 1. The van der Waals surface area contributed by atoms with Crippen LogP contribution in [0.25, 0.3) is 0 Å². The molecule has 3 rings (SSSR count).